The summed E-state index contributed by atoms with van der Waals surface area (Å²) in [5.41, 5.74) is 6.36. The third kappa shape index (κ3) is 4.59. The highest BCUT2D eigenvalue weighted by atomic mass is 35.5. The number of aromatic nitrogens is 2. The van der Waals surface area contributed by atoms with Crippen molar-refractivity contribution in [2.75, 3.05) is 6.54 Å². The van der Waals surface area contributed by atoms with Crippen LogP contribution in [0.15, 0.2) is 21.3 Å². The van der Waals surface area contributed by atoms with Crippen molar-refractivity contribution in [3.05, 3.63) is 22.7 Å². The third-order valence-electron chi connectivity index (χ3n) is 2.57. The molecular weight excluding hydrogens is 300 g/mol. The van der Waals surface area contributed by atoms with Gasteiger partial charge in [-0.2, -0.15) is 16.3 Å². The highest BCUT2D eigenvalue weighted by Gasteiger charge is 2.11. The summed E-state index contributed by atoms with van der Waals surface area (Å²) < 4.78 is 5.11. The molecule has 2 rings (SSSR count). The Morgan fingerprint density at radius 1 is 1.60 bits per heavy atom. The molecule has 0 aliphatic heterocycles. The Balaban J connectivity index is 0.00000200. The lowest BCUT2D eigenvalue weighted by atomic mass is 10.2. The minimum Gasteiger partial charge on any atom is -0.352 e. The van der Waals surface area contributed by atoms with E-state index in [0.29, 0.717) is 31.1 Å². The molecule has 0 saturated heterocycles. The molecule has 0 aliphatic rings. The fourth-order valence-electron chi connectivity index (χ4n) is 1.49. The van der Waals surface area contributed by atoms with Gasteiger partial charge in [0.2, 0.25) is 17.6 Å². The van der Waals surface area contributed by atoms with E-state index in [2.05, 4.69) is 15.5 Å². The van der Waals surface area contributed by atoms with Crippen molar-refractivity contribution in [1.29, 1.82) is 0 Å². The summed E-state index contributed by atoms with van der Waals surface area (Å²) in [5, 5.41) is 10.6. The molecule has 0 aromatic carbocycles. The van der Waals surface area contributed by atoms with Crippen molar-refractivity contribution in [3.8, 4) is 11.4 Å². The number of thiophene rings is 1. The SMILES string of the molecule is C[C@@H](CN)NC(=O)CCc1nc(-c2ccsc2)no1.Cl. The quantitative estimate of drug-likeness (QED) is 0.844. The molecule has 2 heterocycles. The zero-order valence-corrected chi connectivity index (χ0v) is 12.7. The van der Waals surface area contributed by atoms with Crippen molar-refractivity contribution in [3.63, 3.8) is 0 Å². The molecule has 3 N–H and O–H groups in total. The Hall–Kier alpha value is -1.44. The molecule has 20 heavy (non-hydrogen) atoms. The zero-order valence-electron chi connectivity index (χ0n) is 11.0. The first-order valence-electron chi connectivity index (χ1n) is 6.03. The second-order valence-corrected chi connectivity index (χ2v) is 5.01. The van der Waals surface area contributed by atoms with E-state index in [9.17, 15) is 4.79 Å². The first-order chi connectivity index (χ1) is 9.19. The lowest BCUT2D eigenvalue weighted by Gasteiger charge is -2.09. The number of rotatable bonds is 6. The second kappa shape index (κ2) is 7.98. The Kier molecular flexibility index (Phi) is 6.63. The van der Waals surface area contributed by atoms with Gasteiger partial charge in [0.05, 0.1) is 0 Å². The zero-order chi connectivity index (χ0) is 13.7. The Morgan fingerprint density at radius 2 is 2.40 bits per heavy atom. The molecule has 110 valence electrons. The van der Waals surface area contributed by atoms with Gasteiger partial charge in [0, 0.05) is 36.4 Å². The number of hydrogen-bond donors (Lipinski definition) is 2. The topological polar surface area (TPSA) is 94.0 Å². The van der Waals surface area contributed by atoms with E-state index in [-0.39, 0.29) is 24.4 Å². The summed E-state index contributed by atoms with van der Waals surface area (Å²) in [6, 6.07) is 1.91. The van der Waals surface area contributed by atoms with Gasteiger partial charge < -0.3 is 15.6 Å². The summed E-state index contributed by atoms with van der Waals surface area (Å²) in [6.07, 6.45) is 0.746. The predicted molar refractivity (Wildman–Crippen MR) is 79.8 cm³/mol. The standard InChI is InChI=1S/C12H16N4O2S.ClH/c1-8(6-13)14-10(17)2-3-11-15-12(16-18-11)9-4-5-19-7-9;/h4-5,7-8H,2-3,6,13H2,1H3,(H,14,17);1H/t8-;/m0./s1. The molecule has 0 fully saturated rings. The van der Waals surface area contributed by atoms with Gasteiger partial charge in [-0.15, -0.1) is 12.4 Å². The van der Waals surface area contributed by atoms with Crippen LogP contribution in [-0.2, 0) is 11.2 Å². The number of amides is 1. The van der Waals surface area contributed by atoms with Crippen LogP contribution in [0.25, 0.3) is 11.4 Å². The van der Waals surface area contributed by atoms with Crippen molar-refractivity contribution in [2.45, 2.75) is 25.8 Å². The smallest absolute Gasteiger partial charge is 0.227 e. The molecule has 0 bridgehead atoms. The normalized spacial score (nSPS) is 11.7. The Bertz CT molecular complexity index is 529. The van der Waals surface area contributed by atoms with Crippen LogP contribution in [0.1, 0.15) is 19.2 Å². The summed E-state index contributed by atoms with van der Waals surface area (Å²) in [7, 11) is 0. The number of carbonyl (C=O) groups excluding carboxylic acids is 1. The highest BCUT2D eigenvalue weighted by molar-refractivity contribution is 7.08. The first-order valence-corrected chi connectivity index (χ1v) is 6.98. The molecule has 0 spiro atoms. The fraction of sp³-hybridized carbons (Fsp3) is 0.417. The monoisotopic (exact) mass is 316 g/mol. The van der Waals surface area contributed by atoms with Crippen LogP contribution < -0.4 is 11.1 Å². The molecule has 0 unspecified atom stereocenters. The van der Waals surface area contributed by atoms with E-state index in [1.165, 1.54) is 0 Å². The van der Waals surface area contributed by atoms with Gasteiger partial charge in [0.25, 0.3) is 0 Å². The highest BCUT2D eigenvalue weighted by Crippen LogP contribution is 2.18. The number of hydrogen-bond acceptors (Lipinski definition) is 6. The maximum absolute atomic E-state index is 11.6. The first kappa shape index (κ1) is 16.6. The van der Waals surface area contributed by atoms with Gasteiger partial charge in [-0.25, -0.2) is 0 Å². The summed E-state index contributed by atoms with van der Waals surface area (Å²) in [4.78, 5) is 15.8. The molecule has 1 atom stereocenters. The molecule has 6 nitrogen and oxygen atoms in total. The van der Waals surface area contributed by atoms with E-state index in [0.717, 1.165) is 5.56 Å². The second-order valence-electron chi connectivity index (χ2n) is 4.23. The van der Waals surface area contributed by atoms with E-state index in [1.54, 1.807) is 11.3 Å². The van der Waals surface area contributed by atoms with E-state index >= 15 is 0 Å². The molecule has 2 aromatic heterocycles. The number of halogens is 1. The van der Waals surface area contributed by atoms with Crippen molar-refractivity contribution in [1.82, 2.24) is 15.5 Å². The fourth-order valence-corrected chi connectivity index (χ4v) is 2.13. The maximum atomic E-state index is 11.6. The average Bonchev–Trinajstić information content (AvgIpc) is 3.06. The van der Waals surface area contributed by atoms with Gasteiger partial charge in [-0.3, -0.25) is 4.79 Å². The lowest BCUT2D eigenvalue weighted by Crippen LogP contribution is -2.37. The van der Waals surface area contributed by atoms with E-state index < -0.39 is 0 Å². The minimum absolute atomic E-state index is 0. The Morgan fingerprint density at radius 3 is 3.05 bits per heavy atom. The van der Waals surface area contributed by atoms with Crippen LogP contribution in [0, 0.1) is 0 Å². The van der Waals surface area contributed by atoms with Gasteiger partial charge >= 0.3 is 0 Å². The molecule has 8 heteroatoms. The summed E-state index contributed by atoms with van der Waals surface area (Å²) in [5.74, 6) is 0.969. The largest absolute Gasteiger partial charge is 0.352 e. The predicted octanol–water partition coefficient (Wildman–Crippen LogP) is 1.62. The van der Waals surface area contributed by atoms with Crippen molar-refractivity contribution < 1.29 is 9.32 Å². The average molecular weight is 317 g/mol. The molecular formula is C12H17ClN4O2S. The molecule has 1 amide bonds. The van der Waals surface area contributed by atoms with Crippen LogP contribution in [-0.4, -0.2) is 28.6 Å². The molecule has 0 aliphatic carbocycles. The number of nitrogens with one attached hydrogen (secondary N) is 1. The van der Waals surface area contributed by atoms with Crippen molar-refractivity contribution in [2.24, 2.45) is 5.73 Å². The molecule has 2 aromatic rings. The number of nitrogens with two attached hydrogens (primary N) is 1. The van der Waals surface area contributed by atoms with Gasteiger partial charge in [-0.05, 0) is 18.4 Å². The van der Waals surface area contributed by atoms with Crippen LogP contribution in [0.5, 0.6) is 0 Å². The van der Waals surface area contributed by atoms with Crippen LogP contribution >= 0.6 is 23.7 Å². The van der Waals surface area contributed by atoms with Crippen LogP contribution in [0.2, 0.25) is 0 Å². The van der Waals surface area contributed by atoms with Crippen LogP contribution in [0.3, 0.4) is 0 Å². The Labute approximate surface area is 127 Å². The van der Waals surface area contributed by atoms with Gasteiger partial charge in [0.15, 0.2) is 0 Å². The minimum atomic E-state index is -0.0618. The third-order valence-corrected chi connectivity index (χ3v) is 3.26. The molecule has 0 saturated carbocycles. The van der Waals surface area contributed by atoms with Crippen molar-refractivity contribution >= 4 is 29.7 Å². The van der Waals surface area contributed by atoms with E-state index in [1.807, 2.05) is 23.8 Å². The van der Waals surface area contributed by atoms with Gasteiger partial charge in [-0.1, -0.05) is 5.16 Å². The maximum Gasteiger partial charge on any atom is 0.227 e. The van der Waals surface area contributed by atoms with Gasteiger partial charge in [0.1, 0.15) is 0 Å². The number of nitrogens with zero attached hydrogens (tertiary/aromatic N) is 2. The van der Waals surface area contributed by atoms with E-state index in [4.69, 9.17) is 10.3 Å². The summed E-state index contributed by atoms with van der Waals surface area (Å²) in [6.45, 7) is 2.29. The summed E-state index contributed by atoms with van der Waals surface area (Å²) >= 11 is 1.57. The number of aryl methyl sites for hydroxylation is 1. The van der Waals surface area contributed by atoms with Crippen LogP contribution in [0.4, 0.5) is 0 Å². The number of carbonyl (C=O) groups is 1. The molecule has 0 radical (unpaired) electrons. The lowest BCUT2D eigenvalue weighted by molar-refractivity contribution is -0.121.